The predicted molar refractivity (Wildman–Crippen MR) is 78.9 cm³/mol. The van der Waals surface area contributed by atoms with Crippen LogP contribution in [0.3, 0.4) is 0 Å². The fourth-order valence-corrected chi connectivity index (χ4v) is 2.62. The van der Waals surface area contributed by atoms with E-state index in [4.69, 9.17) is 15.2 Å². The molecule has 0 bridgehead atoms. The summed E-state index contributed by atoms with van der Waals surface area (Å²) in [6, 6.07) is 12.1. The van der Waals surface area contributed by atoms with Crippen LogP contribution in [0.2, 0.25) is 0 Å². The van der Waals surface area contributed by atoms with Crippen molar-refractivity contribution >= 4 is 0 Å². The number of hydrogen-bond donors (Lipinski definition) is 1. The van der Waals surface area contributed by atoms with Gasteiger partial charge in [0.25, 0.3) is 0 Å². The smallest absolute Gasteiger partial charge is 0.126 e. The Morgan fingerprint density at radius 2 is 2.00 bits per heavy atom. The number of benzene rings is 2. The predicted octanol–water partition coefficient (Wildman–Crippen LogP) is 3.75. The highest BCUT2D eigenvalue weighted by atomic mass is 19.1. The van der Waals surface area contributed by atoms with Crippen molar-refractivity contribution < 1.29 is 13.9 Å². The third-order valence-corrected chi connectivity index (χ3v) is 3.67. The Morgan fingerprint density at radius 3 is 2.71 bits per heavy atom. The summed E-state index contributed by atoms with van der Waals surface area (Å²) in [4.78, 5) is 0. The Morgan fingerprint density at radius 1 is 1.24 bits per heavy atom. The van der Waals surface area contributed by atoms with E-state index in [-0.39, 0.29) is 18.0 Å². The van der Waals surface area contributed by atoms with Crippen molar-refractivity contribution in [1.82, 2.24) is 0 Å². The fraction of sp³-hybridized carbons (Fsp3) is 0.294. The largest absolute Gasteiger partial charge is 0.494 e. The molecule has 3 rings (SSSR count). The Kier molecular flexibility index (Phi) is 3.80. The minimum absolute atomic E-state index is 0.117. The maximum Gasteiger partial charge on any atom is 0.126 e. The van der Waals surface area contributed by atoms with E-state index in [1.807, 2.05) is 31.2 Å². The molecule has 0 saturated heterocycles. The fourth-order valence-electron chi connectivity index (χ4n) is 2.62. The van der Waals surface area contributed by atoms with Crippen molar-refractivity contribution in [3.63, 3.8) is 0 Å². The van der Waals surface area contributed by atoms with Crippen LogP contribution in [0.4, 0.5) is 4.39 Å². The van der Waals surface area contributed by atoms with E-state index in [1.54, 1.807) is 6.07 Å². The molecule has 2 N–H and O–H groups in total. The molecular formula is C17H18FNO2. The second-order valence-electron chi connectivity index (χ2n) is 5.13. The van der Waals surface area contributed by atoms with Crippen molar-refractivity contribution in [2.24, 2.45) is 5.73 Å². The van der Waals surface area contributed by atoms with Crippen molar-refractivity contribution in [1.29, 1.82) is 0 Å². The van der Waals surface area contributed by atoms with Crippen LogP contribution in [0.1, 0.15) is 36.6 Å². The van der Waals surface area contributed by atoms with Gasteiger partial charge < -0.3 is 15.2 Å². The maximum absolute atomic E-state index is 13.3. The summed E-state index contributed by atoms with van der Waals surface area (Å²) < 4.78 is 24.7. The van der Waals surface area contributed by atoms with Crippen molar-refractivity contribution in [2.45, 2.75) is 25.5 Å². The van der Waals surface area contributed by atoms with Gasteiger partial charge in [0.1, 0.15) is 23.4 Å². The molecule has 0 aromatic heterocycles. The summed E-state index contributed by atoms with van der Waals surface area (Å²) in [5.41, 5.74) is 7.93. The molecule has 4 heteroatoms. The van der Waals surface area contributed by atoms with E-state index in [9.17, 15) is 4.39 Å². The molecule has 0 amide bonds. The Hall–Kier alpha value is -2.07. The molecule has 2 atom stereocenters. The first kappa shape index (κ1) is 13.9. The van der Waals surface area contributed by atoms with Gasteiger partial charge in [-0.25, -0.2) is 4.39 Å². The van der Waals surface area contributed by atoms with E-state index in [0.717, 1.165) is 16.9 Å². The van der Waals surface area contributed by atoms with Gasteiger partial charge in [-0.05, 0) is 42.8 Å². The van der Waals surface area contributed by atoms with Crippen molar-refractivity contribution in [2.75, 3.05) is 6.61 Å². The van der Waals surface area contributed by atoms with Gasteiger partial charge in [-0.2, -0.15) is 0 Å². The summed E-state index contributed by atoms with van der Waals surface area (Å²) in [5.74, 6) is 1.21. The van der Waals surface area contributed by atoms with Crippen molar-refractivity contribution in [3.8, 4) is 11.5 Å². The van der Waals surface area contributed by atoms with Crippen LogP contribution in [0.5, 0.6) is 11.5 Å². The number of nitrogens with two attached hydrogens (primary N) is 1. The third-order valence-electron chi connectivity index (χ3n) is 3.67. The van der Waals surface area contributed by atoms with Crippen LogP contribution in [0, 0.1) is 5.82 Å². The van der Waals surface area contributed by atoms with Gasteiger partial charge in [-0.15, -0.1) is 0 Å². The van der Waals surface area contributed by atoms with E-state index in [2.05, 4.69) is 0 Å². The zero-order valence-corrected chi connectivity index (χ0v) is 11.9. The highest BCUT2D eigenvalue weighted by Crippen LogP contribution is 2.40. The van der Waals surface area contributed by atoms with Crippen molar-refractivity contribution in [3.05, 3.63) is 59.4 Å². The Balaban J connectivity index is 1.83. The lowest BCUT2D eigenvalue weighted by atomic mass is 9.93. The summed E-state index contributed by atoms with van der Waals surface area (Å²) in [7, 11) is 0. The van der Waals surface area contributed by atoms with E-state index < -0.39 is 0 Å². The zero-order valence-electron chi connectivity index (χ0n) is 11.9. The lowest BCUT2D eigenvalue weighted by Crippen LogP contribution is -2.24. The minimum Gasteiger partial charge on any atom is -0.494 e. The van der Waals surface area contributed by atoms with Crippen LogP contribution in [0.25, 0.3) is 0 Å². The van der Waals surface area contributed by atoms with E-state index in [1.165, 1.54) is 12.1 Å². The molecule has 2 aromatic rings. The normalized spacial score (nSPS) is 20.5. The van der Waals surface area contributed by atoms with Gasteiger partial charge in [0.05, 0.1) is 6.61 Å². The monoisotopic (exact) mass is 287 g/mol. The minimum atomic E-state index is -0.285. The van der Waals surface area contributed by atoms with E-state index in [0.29, 0.717) is 18.8 Å². The number of halogens is 1. The highest BCUT2D eigenvalue weighted by Gasteiger charge is 2.27. The quantitative estimate of drug-likeness (QED) is 0.935. The number of hydrogen-bond acceptors (Lipinski definition) is 3. The molecule has 1 aliphatic heterocycles. The number of fused-ring (bicyclic) bond motifs is 1. The SMILES string of the molecule is CCOc1ccc(C2C[C@@H](N)c3cc(F)ccc3O2)cc1. The molecule has 110 valence electrons. The molecule has 0 fully saturated rings. The molecule has 0 aliphatic carbocycles. The molecule has 21 heavy (non-hydrogen) atoms. The molecule has 0 saturated carbocycles. The average molecular weight is 287 g/mol. The summed E-state index contributed by atoms with van der Waals surface area (Å²) in [5, 5.41) is 0. The molecular weight excluding hydrogens is 269 g/mol. The first-order chi connectivity index (χ1) is 10.2. The van der Waals surface area contributed by atoms with E-state index >= 15 is 0 Å². The van der Waals surface area contributed by atoms with Gasteiger partial charge in [0.2, 0.25) is 0 Å². The second kappa shape index (κ2) is 5.74. The third kappa shape index (κ3) is 2.85. The van der Waals surface area contributed by atoms with Crippen LogP contribution < -0.4 is 15.2 Å². The maximum atomic E-state index is 13.3. The van der Waals surface area contributed by atoms with Crippen LogP contribution in [-0.2, 0) is 0 Å². The first-order valence-corrected chi connectivity index (χ1v) is 7.12. The molecule has 0 spiro atoms. The second-order valence-corrected chi connectivity index (χ2v) is 5.13. The average Bonchev–Trinajstić information content (AvgIpc) is 2.49. The molecule has 3 nitrogen and oxygen atoms in total. The van der Waals surface area contributed by atoms with Crippen LogP contribution in [-0.4, -0.2) is 6.61 Å². The molecule has 2 aromatic carbocycles. The van der Waals surface area contributed by atoms with Gasteiger partial charge in [0, 0.05) is 18.0 Å². The van der Waals surface area contributed by atoms with Crippen LogP contribution >= 0.6 is 0 Å². The summed E-state index contributed by atoms with van der Waals surface area (Å²) in [6.45, 7) is 2.59. The Bertz CT molecular complexity index is 627. The topological polar surface area (TPSA) is 44.5 Å². The van der Waals surface area contributed by atoms with Gasteiger partial charge in [0.15, 0.2) is 0 Å². The molecule has 1 unspecified atom stereocenters. The van der Waals surface area contributed by atoms with Gasteiger partial charge in [-0.1, -0.05) is 12.1 Å². The molecule has 1 heterocycles. The lowest BCUT2D eigenvalue weighted by Gasteiger charge is -2.30. The molecule has 0 radical (unpaired) electrons. The molecule has 1 aliphatic rings. The first-order valence-electron chi connectivity index (χ1n) is 7.12. The zero-order chi connectivity index (χ0) is 14.8. The lowest BCUT2D eigenvalue weighted by molar-refractivity contribution is 0.161. The Labute approximate surface area is 123 Å². The van der Waals surface area contributed by atoms with Crippen LogP contribution in [0.15, 0.2) is 42.5 Å². The number of ether oxygens (including phenoxy) is 2. The summed E-state index contributed by atoms with van der Waals surface area (Å²) in [6.07, 6.45) is 0.512. The standard InChI is InChI=1S/C17H18FNO2/c1-2-20-13-6-3-11(4-7-13)17-10-15(19)14-9-12(18)5-8-16(14)21-17/h3-9,15,17H,2,10,19H2,1H3/t15-,17?/m1/s1. The van der Waals surface area contributed by atoms with Gasteiger partial charge >= 0.3 is 0 Å². The van der Waals surface area contributed by atoms with Gasteiger partial charge in [-0.3, -0.25) is 0 Å². The highest BCUT2D eigenvalue weighted by molar-refractivity contribution is 5.40. The summed E-state index contributed by atoms with van der Waals surface area (Å²) >= 11 is 0. The number of rotatable bonds is 3.